The van der Waals surface area contributed by atoms with E-state index in [4.69, 9.17) is 9.63 Å². The summed E-state index contributed by atoms with van der Waals surface area (Å²) in [6.07, 6.45) is 4.82. The van der Waals surface area contributed by atoms with Gasteiger partial charge >= 0.3 is 0 Å². The number of piperidine rings is 1. The van der Waals surface area contributed by atoms with Crippen molar-refractivity contribution in [2.45, 2.75) is 51.0 Å². The Balaban J connectivity index is 1.44. The number of carbonyl (C=O) groups excluding carboxylic acids is 1. The quantitative estimate of drug-likeness (QED) is 0.489. The lowest BCUT2D eigenvalue weighted by Crippen LogP contribution is -2.63. The van der Waals surface area contributed by atoms with Gasteiger partial charge in [-0.1, -0.05) is 50.2 Å². The average Bonchev–Trinajstić information content (AvgIpc) is 3.42. The Labute approximate surface area is 223 Å². The lowest BCUT2D eigenvalue weighted by Gasteiger charge is -2.55. The molecule has 38 heavy (non-hydrogen) atoms. The van der Waals surface area contributed by atoms with E-state index < -0.39 is 17.6 Å². The van der Waals surface area contributed by atoms with E-state index >= 15 is 0 Å². The molecule has 202 valence electrons. The third-order valence-electron chi connectivity index (χ3n) is 8.29. The third-order valence-corrected chi connectivity index (χ3v) is 8.29. The van der Waals surface area contributed by atoms with Crippen molar-refractivity contribution >= 4 is 5.91 Å². The summed E-state index contributed by atoms with van der Waals surface area (Å²) < 4.78 is 5.63. The Morgan fingerprint density at radius 2 is 1.84 bits per heavy atom. The van der Waals surface area contributed by atoms with Crippen molar-refractivity contribution in [3.05, 3.63) is 65.3 Å². The number of aliphatic hydroxyl groups is 2. The summed E-state index contributed by atoms with van der Waals surface area (Å²) >= 11 is 0. The van der Waals surface area contributed by atoms with Crippen LogP contribution in [0.25, 0.3) is 11.4 Å². The number of hydrogen-bond acceptors (Lipinski definition) is 8. The highest BCUT2D eigenvalue weighted by Crippen LogP contribution is 2.50. The van der Waals surface area contributed by atoms with Crippen molar-refractivity contribution < 1.29 is 19.5 Å². The first kappa shape index (κ1) is 26.5. The van der Waals surface area contributed by atoms with Crippen LogP contribution in [-0.4, -0.2) is 80.9 Å². The van der Waals surface area contributed by atoms with Crippen LogP contribution in [0.1, 0.15) is 68.0 Å². The molecule has 0 saturated carbocycles. The largest absolute Gasteiger partial charge is 0.387 e. The summed E-state index contributed by atoms with van der Waals surface area (Å²) in [5.74, 6) is 1.17. The predicted octanol–water partition coefficient (Wildman–Crippen LogP) is 3.14. The number of hydrogen-bond donors (Lipinski definition) is 2. The molecule has 9 heteroatoms. The van der Waals surface area contributed by atoms with Gasteiger partial charge in [-0.2, -0.15) is 4.98 Å². The van der Waals surface area contributed by atoms with Gasteiger partial charge in [0.15, 0.2) is 0 Å². The van der Waals surface area contributed by atoms with E-state index in [9.17, 15) is 9.90 Å². The van der Waals surface area contributed by atoms with Crippen LogP contribution in [0.2, 0.25) is 0 Å². The molecule has 2 fully saturated rings. The molecule has 0 unspecified atom stereocenters. The molecule has 1 amide bonds. The first-order chi connectivity index (χ1) is 18.1. The molecule has 2 saturated heterocycles. The zero-order valence-electron chi connectivity index (χ0n) is 22.6. The molecule has 5 rings (SSSR count). The molecule has 2 aliphatic rings. The van der Waals surface area contributed by atoms with Crippen LogP contribution in [0.4, 0.5) is 0 Å². The SMILES string of the molecule is CC(C)c1ccc([C@](O)(c2cncc(-c3noc(C4CCN(C(=O)CO)CC4)n3)c2)C2(C)CN(C)C2)cc1. The molecule has 1 aromatic carbocycles. The maximum absolute atomic E-state index is 12.5. The minimum absolute atomic E-state index is 0.0518. The second kappa shape index (κ2) is 10.2. The van der Waals surface area contributed by atoms with Crippen LogP contribution in [-0.2, 0) is 10.4 Å². The van der Waals surface area contributed by atoms with Crippen molar-refractivity contribution in [1.29, 1.82) is 0 Å². The van der Waals surface area contributed by atoms with E-state index in [2.05, 4.69) is 60.0 Å². The molecule has 0 radical (unpaired) electrons. The van der Waals surface area contributed by atoms with Crippen molar-refractivity contribution in [3.8, 4) is 11.4 Å². The molecular formula is C29H37N5O4. The third kappa shape index (κ3) is 4.63. The van der Waals surface area contributed by atoms with E-state index in [1.807, 2.05) is 18.2 Å². The van der Waals surface area contributed by atoms with Gasteiger partial charge < -0.3 is 24.5 Å². The van der Waals surface area contributed by atoms with Crippen molar-refractivity contribution in [1.82, 2.24) is 24.9 Å². The highest BCUT2D eigenvalue weighted by Gasteiger charge is 2.55. The number of aliphatic hydroxyl groups excluding tert-OH is 1. The second-order valence-electron chi connectivity index (χ2n) is 11.5. The summed E-state index contributed by atoms with van der Waals surface area (Å²) in [6.45, 7) is 8.58. The average molecular weight is 520 g/mol. The number of aromatic nitrogens is 3. The summed E-state index contributed by atoms with van der Waals surface area (Å²) in [4.78, 5) is 24.8. The van der Waals surface area contributed by atoms with E-state index in [0.717, 1.165) is 18.7 Å². The van der Waals surface area contributed by atoms with Crippen LogP contribution in [0.3, 0.4) is 0 Å². The van der Waals surface area contributed by atoms with Gasteiger partial charge in [-0.05, 0) is 43.0 Å². The topological polar surface area (TPSA) is 116 Å². The molecule has 1 atom stereocenters. The van der Waals surface area contributed by atoms with Crippen LogP contribution in [0.15, 0.2) is 47.2 Å². The van der Waals surface area contributed by atoms with E-state index in [1.54, 1.807) is 17.3 Å². The van der Waals surface area contributed by atoms with E-state index in [-0.39, 0.29) is 11.8 Å². The van der Waals surface area contributed by atoms with Crippen molar-refractivity contribution in [2.24, 2.45) is 5.41 Å². The number of rotatable bonds is 7. The Morgan fingerprint density at radius 1 is 1.16 bits per heavy atom. The van der Waals surface area contributed by atoms with E-state index in [1.165, 1.54) is 5.56 Å². The number of amides is 1. The molecule has 9 nitrogen and oxygen atoms in total. The Hall–Kier alpha value is -3.14. The second-order valence-corrected chi connectivity index (χ2v) is 11.5. The lowest BCUT2D eigenvalue weighted by molar-refractivity contribution is -0.135. The van der Waals surface area contributed by atoms with Crippen molar-refractivity contribution in [3.63, 3.8) is 0 Å². The summed E-state index contributed by atoms with van der Waals surface area (Å²) in [6, 6.07) is 10.2. The van der Waals surface area contributed by atoms with Crippen LogP contribution < -0.4 is 0 Å². The number of benzene rings is 1. The fourth-order valence-electron chi connectivity index (χ4n) is 6.10. The molecule has 2 aliphatic heterocycles. The summed E-state index contributed by atoms with van der Waals surface area (Å²) in [7, 11) is 2.06. The number of pyridine rings is 1. The zero-order chi connectivity index (χ0) is 27.1. The standard InChI is InChI=1S/C29H37N5O4/c1-19(2)20-5-7-23(8-6-20)29(37,28(3)17-33(4)18-28)24-13-22(14-30-15-24)26-31-27(38-32-26)21-9-11-34(12-10-21)25(36)16-35/h5-8,13-15,19,21,35,37H,9-12,16-18H2,1-4H3/t29-/m0/s1. The van der Waals surface area contributed by atoms with Gasteiger partial charge in [0.25, 0.3) is 0 Å². The molecule has 4 heterocycles. The molecular weight excluding hydrogens is 482 g/mol. The van der Waals surface area contributed by atoms with Crippen molar-refractivity contribution in [2.75, 3.05) is 39.8 Å². The molecule has 0 aliphatic carbocycles. The normalized spacial score (nSPS) is 19.8. The van der Waals surface area contributed by atoms with Gasteiger partial charge in [-0.15, -0.1) is 0 Å². The van der Waals surface area contributed by atoms with Gasteiger partial charge in [0.2, 0.25) is 17.6 Å². The Kier molecular flexibility index (Phi) is 7.11. The molecule has 0 bridgehead atoms. The number of carbonyl (C=O) groups is 1. The smallest absolute Gasteiger partial charge is 0.248 e. The highest BCUT2D eigenvalue weighted by atomic mass is 16.5. The van der Waals surface area contributed by atoms with Gasteiger partial charge in [0.05, 0.1) is 0 Å². The van der Waals surface area contributed by atoms with Gasteiger partial charge in [0.1, 0.15) is 12.2 Å². The summed E-state index contributed by atoms with van der Waals surface area (Å²) in [5, 5.41) is 25.8. The molecule has 3 aromatic rings. The minimum Gasteiger partial charge on any atom is -0.387 e. The minimum atomic E-state index is -1.25. The van der Waals surface area contributed by atoms with E-state index in [0.29, 0.717) is 54.7 Å². The molecule has 0 spiro atoms. The first-order valence-corrected chi connectivity index (χ1v) is 13.3. The Morgan fingerprint density at radius 3 is 2.45 bits per heavy atom. The van der Waals surface area contributed by atoms with Gasteiger partial charge in [0, 0.05) is 61.0 Å². The fourth-order valence-corrected chi connectivity index (χ4v) is 6.10. The first-order valence-electron chi connectivity index (χ1n) is 13.3. The highest BCUT2D eigenvalue weighted by molar-refractivity contribution is 5.77. The maximum atomic E-state index is 12.5. The van der Waals surface area contributed by atoms with Crippen LogP contribution in [0, 0.1) is 5.41 Å². The Bertz CT molecular complexity index is 1280. The van der Waals surface area contributed by atoms with Crippen LogP contribution in [0.5, 0.6) is 0 Å². The molecule has 2 N–H and O–H groups in total. The number of likely N-dealkylation sites (tertiary alicyclic amines) is 2. The zero-order valence-corrected chi connectivity index (χ0v) is 22.6. The monoisotopic (exact) mass is 519 g/mol. The molecule has 2 aromatic heterocycles. The number of nitrogens with zero attached hydrogens (tertiary/aromatic N) is 5. The fraction of sp³-hybridized carbons (Fsp3) is 0.517. The summed E-state index contributed by atoms with van der Waals surface area (Å²) in [5.41, 5.74) is 1.80. The maximum Gasteiger partial charge on any atom is 0.248 e. The van der Waals surface area contributed by atoms with Gasteiger partial charge in [-0.3, -0.25) is 9.78 Å². The lowest BCUT2D eigenvalue weighted by atomic mass is 9.62. The predicted molar refractivity (Wildman–Crippen MR) is 142 cm³/mol. The van der Waals surface area contributed by atoms with Crippen LogP contribution >= 0.6 is 0 Å². The van der Waals surface area contributed by atoms with Gasteiger partial charge in [-0.25, -0.2) is 0 Å².